The molecule has 0 saturated carbocycles. The summed E-state index contributed by atoms with van der Waals surface area (Å²) in [4.78, 5) is 12.9. The fourth-order valence-electron chi connectivity index (χ4n) is 1.31. The number of alkyl carbamates (subject to hydrolysis) is 1. The van der Waals surface area contributed by atoms with Crippen molar-refractivity contribution in [2.45, 2.75) is 19.8 Å². The lowest BCUT2D eigenvalue weighted by molar-refractivity contribution is 0.0970. The quantitative estimate of drug-likeness (QED) is 0.672. The molecule has 69 valence electrons. The Balaban J connectivity index is 2.35. The number of carbonyl (C=O) groups is 1. The minimum atomic E-state index is -0.370. The van der Waals surface area contributed by atoms with Gasteiger partial charge in [0.25, 0.3) is 0 Å². The molecule has 1 N–H and O–H groups in total. The molecule has 12 heavy (non-hydrogen) atoms. The van der Waals surface area contributed by atoms with Gasteiger partial charge in [-0.05, 0) is 13.0 Å². The Labute approximate surface area is 72.9 Å². The number of rotatable bonds is 2. The lowest BCUT2D eigenvalue weighted by Crippen LogP contribution is -2.30. The van der Waals surface area contributed by atoms with Gasteiger partial charge in [-0.1, -0.05) is 6.92 Å². The molecule has 1 aliphatic rings. The summed E-state index contributed by atoms with van der Waals surface area (Å²) >= 11 is 0. The minimum absolute atomic E-state index is 0.370. The van der Waals surface area contributed by atoms with Gasteiger partial charge in [0, 0.05) is 20.0 Å². The molecule has 0 bridgehead atoms. The van der Waals surface area contributed by atoms with Crippen molar-refractivity contribution in [1.29, 1.82) is 0 Å². The molecule has 4 heteroatoms. The molecule has 1 saturated heterocycles. The molecule has 0 aromatic rings. The van der Waals surface area contributed by atoms with Gasteiger partial charge in [-0.2, -0.15) is 0 Å². The van der Waals surface area contributed by atoms with Crippen LogP contribution in [0, 0.1) is 6.23 Å². The molecule has 0 unspecified atom stereocenters. The summed E-state index contributed by atoms with van der Waals surface area (Å²) in [7, 11) is 1.56. The van der Waals surface area contributed by atoms with E-state index < -0.39 is 0 Å². The Morgan fingerprint density at radius 1 is 1.75 bits per heavy atom. The molecular weight excluding hydrogens is 156 g/mol. The van der Waals surface area contributed by atoms with Crippen LogP contribution in [-0.2, 0) is 4.74 Å². The molecule has 0 aromatic carbocycles. The molecule has 0 atom stereocenters. The standard InChI is InChI=1S/C8H15N2O2/c1-3-10-6-4-5-7(10)12-8(11)9-2/h3-6H2,1-2H3,(H,9,11). The van der Waals surface area contributed by atoms with E-state index in [0.29, 0.717) is 0 Å². The van der Waals surface area contributed by atoms with Crippen LogP contribution in [0.3, 0.4) is 0 Å². The van der Waals surface area contributed by atoms with Crippen LogP contribution in [0.25, 0.3) is 0 Å². The smallest absolute Gasteiger partial charge is 0.408 e. The van der Waals surface area contributed by atoms with Crippen molar-refractivity contribution in [3.63, 3.8) is 0 Å². The topological polar surface area (TPSA) is 41.6 Å². The van der Waals surface area contributed by atoms with E-state index in [1.165, 1.54) is 0 Å². The van der Waals surface area contributed by atoms with Crippen LogP contribution in [-0.4, -0.2) is 31.1 Å². The third kappa shape index (κ3) is 2.11. The van der Waals surface area contributed by atoms with Crippen molar-refractivity contribution in [2.75, 3.05) is 20.1 Å². The van der Waals surface area contributed by atoms with Gasteiger partial charge in [-0.3, -0.25) is 4.90 Å². The number of likely N-dealkylation sites (tertiary alicyclic amines) is 1. The van der Waals surface area contributed by atoms with Gasteiger partial charge in [-0.25, -0.2) is 4.79 Å². The van der Waals surface area contributed by atoms with Gasteiger partial charge in [0.1, 0.15) is 0 Å². The van der Waals surface area contributed by atoms with Crippen molar-refractivity contribution in [1.82, 2.24) is 10.2 Å². The lowest BCUT2D eigenvalue weighted by atomic mass is 10.4. The first kappa shape index (κ1) is 9.32. The first-order valence-electron chi connectivity index (χ1n) is 4.28. The predicted molar refractivity (Wildman–Crippen MR) is 45.3 cm³/mol. The van der Waals surface area contributed by atoms with E-state index in [9.17, 15) is 4.79 Å². The van der Waals surface area contributed by atoms with Crippen molar-refractivity contribution in [3.05, 3.63) is 6.23 Å². The Morgan fingerprint density at radius 2 is 2.50 bits per heavy atom. The third-order valence-corrected chi connectivity index (χ3v) is 1.97. The maximum Gasteiger partial charge on any atom is 0.408 e. The summed E-state index contributed by atoms with van der Waals surface area (Å²) < 4.78 is 5.06. The number of hydrogen-bond acceptors (Lipinski definition) is 3. The largest absolute Gasteiger partial charge is 0.422 e. The number of nitrogens with one attached hydrogen (secondary N) is 1. The Hall–Kier alpha value is -0.770. The van der Waals surface area contributed by atoms with E-state index in [0.717, 1.165) is 32.2 Å². The van der Waals surface area contributed by atoms with Crippen LogP contribution in [0.4, 0.5) is 4.79 Å². The van der Waals surface area contributed by atoms with Gasteiger partial charge >= 0.3 is 6.09 Å². The highest BCUT2D eigenvalue weighted by Crippen LogP contribution is 2.24. The second-order valence-corrected chi connectivity index (χ2v) is 2.72. The lowest BCUT2D eigenvalue weighted by Gasteiger charge is -2.20. The van der Waals surface area contributed by atoms with Crippen molar-refractivity contribution >= 4 is 6.09 Å². The van der Waals surface area contributed by atoms with Gasteiger partial charge in [-0.15, -0.1) is 0 Å². The molecule has 1 radical (unpaired) electrons. The van der Waals surface area contributed by atoms with Crippen molar-refractivity contribution in [2.24, 2.45) is 0 Å². The first-order chi connectivity index (χ1) is 5.77. The molecule has 1 heterocycles. The average molecular weight is 171 g/mol. The van der Waals surface area contributed by atoms with Crippen LogP contribution in [0.2, 0.25) is 0 Å². The average Bonchev–Trinajstić information content (AvgIpc) is 2.51. The molecular formula is C8H15N2O2. The molecule has 0 spiro atoms. The molecule has 1 amide bonds. The van der Waals surface area contributed by atoms with E-state index in [1.807, 2.05) is 0 Å². The van der Waals surface area contributed by atoms with E-state index in [-0.39, 0.29) is 6.09 Å². The first-order valence-corrected chi connectivity index (χ1v) is 4.28. The third-order valence-electron chi connectivity index (χ3n) is 1.97. The van der Waals surface area contributed by atoms with Crippen LogP contribution >= 0.6 is 0 Å². The van der Waals surface area contributed by atoms with E-state index in [4.69, 9.17) is 4.74 Å². The molecule has 0 aromatic heterocycles. The summed E-state index contributed by atoms with van der Waals surface area (Å²) in [5, 5.41) is 2.43. The van der Waals surface area contributed by atoms with E-state index >= 15 is 0 Å². The second kappa shape index (κ2) is 4.30. The highest BCUT2D eigenvalue weighted by atomic mass is 16.6. The van der Waals surface area contributed by atoms with E-state index in [2.05, 4.69) is 17.1 Å². The SMILES string of the molecule is CCN1CCC[C]1OC(=O)NC. The summed E-state index contributed by atoms with van der Waals surface area (Å²) in [5.41, 5.74) is 0. The number of amides is 1. The summed E-state index contributed by atoms with van der Waals surface area (Å²) in [6.45, 7) is 3.97. The predicted octanol–water partition coefficient (Wildman–Crippen LogP) is 0.948. The zero-order chi connectivity index (χ0) is 8.97. The van der Waals surface area contributed by atoms with Crippen LogP contribution in [0.5, 0.6) is 0 Å². The Bertz CT molecular complexity index is 161. The molecule has 1 rings (SSSR count). The van der Waals surface area contributed by atoms with E-state index in [1.54, 1.807) is 7.05 Å². The molecule has 1 aliphatic heterocycles. The molecule has 1 fully saturated rings. The summed E-state index contributed by atoms with van der Waals surface area (Å²) in [6.07, 6.45) is 2.39. The van der Waals surface area contributed by atoms with Gasteiger partial charge in [0.05, 0.1) is 0 Å². The number of ether oxygens (including phenoxy) is 1. The monoisotopic (exact) mass is 171 g/mol. The maximum absolute atomic E-state index is 10.8. The zero-order valence-corrected chi connectivity index (χ0v) is 7.59. The Kier molecular flexibility index (Phi) is 3.34. The summed E-state index contributed by atoms with van der Waals surface area (Å²) in [6, 6.07) is 0. The highest BCUT2D eigenvalue weighted by Gasteiger charge is 2.27. The van der Waals surface area contributed by atoms with Crippen LogP contribution in [0.1, 0.15) is 19.8 Å². The fraction of sp³-hybridized carbons (Fsp3) is 0.750. The fourth-order valence-corrected chi connectivity index (χ4v) is 1.31. The van der Waals surface area contributed by atoms with Crippen LogP contribution in [0.15, 0.2) is 0 Å². The number of hydrogen-bond donors (Lipinski definition) is 1. The zero-order valence-electron chi connectivity index (χ0n) is 7.59. The highest BCUT2D eigenvalue weighted by molar-refractivity contribution is 5.67. The minimum Gasteiger partial charge on any atom is -0.422 e. The normalized spacial score (nSPS) is 19.5. The Morgan fingerprint density at radius 3 is 3.08 bits per heavy atom. The van der Waals surface area contributed by atoms with Gasteiger partial charge < -0.3 is 10.1 Å². The number of carbonyl (C=O) groups excluding carboxylic acids is 1. The van der Waals surface area contributed by atoms with Crippen LogP contribution < -0.4 is 5.32 Å². The van der Waals surface area contributed by atoms with Gasteiger partial charge in [0.15, 0.2) is 0 Å². The van der Waals surface area contributed by atoms with Gasteiger partial charge in [0.2, 0.25) is 6.23 Å². The van der Waals surface area contributed by atoms with Crippen molar-refractivity contribution in [3.8, 4) is 0 Å². The molecule has 0 aliphatic carbocycles. The maximum atomic E-state index is 10.8. The molecule has 4 nitrogen and oxygen atoms in total. The number of nitrogens with zero attached hydrogens (tertiary/aromatic N) is 1. The van der Waals surface area contributed by atoms with Crippen molar-refractivity contribution < 1.29 is 9.53 Å². The second-order valence-electron chi connectivity index (χ2n) is 2.72. The summed E-state index contributed by atoms with van der Waals surface area (Å²) in [5.74, 6) is 0.